The second-order valence-electron chi connectivity index (χ2n) is 7.92. The Bertz CT molecular complexity index is 1110. The van der Waals surface area contributed by atoms with Crippen LogP contribution in [-0.4, -0.2) is 21.3 Å². The van der Waals surface area contributed by atoms with E-state index in [1.54, 1.807) is 12.4 Å². The summed E-state index contributed by atoms with van der Waals surface area (Å²) >= 11 is 0. The van der Waals surface area contributed by atoms with Crippen LogP contribution >= 0.6 is 0 Å². The van der Waals surface area contributed by atoms with Gasteiger partial charge in [-0.3, -0.25) is 4.98 Å². The first-order valence-corrected chi connectivity index (χ1v) is 10.0. The second kappa shape index (κ2) is 8.95. The van der Waals surface area contributed by atoms with Gasteiger partial charge >= 0.3 is 0 Å². The summed E-state index contributed by atoms with van der Waals surface area (Å²) in [6.45, 7) is 11.9. The highest BCUT2D eigenvalue weighted by molar-refractivity contribution is 6.09. The van der Waals surface area contributed by atoms with Gasteiger partial charge in [0.2, 0.25) is 0 Å². The number of pyridine rings is 1. The Hall–Kier alpha value is -3.74. The highest BCUT2D eigenvalue weighted by atomic mass is 16.5. The molecule has 0 aliphatic heterocycles. The summed E-state index contributed by atoms with van der Waals surface area (Å²) in [5.74, 6) is 1.52. The zero-order valence-electron chi connectivity index (χ0n) is 18.3. The molecule has 160 valence electrons. The van der Waals surface area contributed by atoms with Gasteiger partial charge in [-0.2, -0.15) is 4.98 Å². The predicted molar refractivity (Wildman–Crippen MR) is 124 cm³/mol. The minimum atomic E-state index is -0.454. The fourth-order valence-corrected chi connectivity index (χ4v) is 3.24. The topological polar surface area (TPSA) is 116 Å². The van der Waals surface area contributed by atoms with Gasteiger partial charge in [0, 0.05) is 29.9 Å². The molecule has 1 unspecified atom stereocenters. The van der Waals surface area contributed by atoms with Crippen LogP contribution < -0.4 is 11.5 Å². The van der Waals surface area contributed by atoms with Crippen LogP contribution in [0.4, 0.5) is 0 Å². The van der Waals surface area contributed by atoms with Crippen LogP contribution in [0.5, 0.6) is 0 Å². The Labute approximate surface area is 182 Å². The molecule has 0 spiro atoms. The number of aliphatic imine (C=N–C) groups is 1. The van der Waals surface area contributed by atoms with Crippen LogP contribution in [0.3, 0.4) is 0 Å². The van der Waals surface area contributed by atoms with E-state index in [0.29, 0.717) is 11.7 Å². The average molecular weight is 417 g/mol. The molecular formula is C24H28N6O. The molecule has 0 amide bonds. The highest BCUT2D eigenvalue weighted by Gasteiger charge is 2.37. The first kappa shape index (κ1) is 22.0. The fourth-order valence-electron chi connectivity index (χ4n) is 3.24. The lowest BCUT2D eigenvalue weighted by Crippen LogP contribution is -2.31. The van der Waals surface area contributed by atoms with Gasteiger partial charge in [-0.1, -0.05) is 49.8 Å². The molecular weight excluding hydrogens is 388 g/mol. The molecule has 7 nitrogen and oxygen atoms in total. The first-order valence-electron chi connectivity index (χ1n) is 10.0. The third kappa shape index (κ3) is 4.55. The van der Waals surface area contributed by atoms with E-state index in [1.165, 1.54) is 6.20 Å². The number of nitrogens with two attached hydrogens (primary N) is 2. The number of benzene rings is 1. The number of nitrogens with zero attached hydrogens (tertiary/aromatic N) is 4. The van der Waals surface area contributed by atoms with Gasteiger partial charge in [-0.05, 0) is 43.0 Å². The van der Waals surface area contributed by atoms with Crippen molar-refractivity contribution in [2.45, 2.75) is 33.1 Å². The normalized spacial score (nSPS) is 14.2. The molecule has 2 aromatic heterocycles. The van der Waals surface area contributed by atoms with Gasteiger partial charge in [0.05, 0.1) is 11.0 Å². The van der Waals surface area contributed by atoms with Crippen molar-refractivity contribution in [3.05, 3.63) is 83.8 Å². The largest absolute Gasteiger partial charge is 0.404 e. The van der Waals surface area contributed by atoms with Crippen molar-refractivity contribution in [1.29, 1.82) is 0 Å². The maximum Gasteiger partial charge on any atom is 0.259 e. The Kier molecular flexibility index (Phi) is 6.34. The van der Waals surface area contributed by atoms with Gasteiger partial charge in [0.25, 0.3) is 5.89 Å². The molecule has 1 atom stereocenters. The molecule has 7 heteroatoms. The quantitative estimate of drug-likeness (QED) is 0.558. The molecule has 1 aromatic carbocycles. The van der Waals surface area contributed by atoms with E-state index in [1.807, 2.05) is 43.3 Å². The fraction of sp³-hybridized carbons (Fsp3) is 0.250. The lowest BCUT2D eigenvalue weighted by atomic mass is 9.72. The van der Waals surface area contributed by atoms with E-state index in [4.69, 9.17) is 21.0 Å². The lowest BCUT2D eigenvalue weighted by Gasteiger charge is -2.31. The number of hydrogen-bond acceptors (Lipinski definition) is 7. The number of aryl methyl sites for hydroxylation is 1. The summed E-state index contributed by atoms with van der Waals surface area (Å²) in [4.78, 5) is 13.1. The summed E-state index contributed by atoms with van der Waals surface area (Å²) in [7, 11) is 0. The lowest BCUT2D eigenvalue weighted by molar-refractivity contribution is 0.350. The van der Waals surface area contributed by atoms with Crippen LogP contribution in [0.15, 0.2) is 70.7 Å². The van der Waals surface area contributed by atoms with Crippen LogP contribution in [0.25, 0.3) is 17.0 Å². The minimum absolute atomic E-state index is 0.214. The van der Waals surface area contributed by atoms with Crippen LogP contribution in [0, 0.1) is 12.8 Å². The maximum atomic E-state index is 5.76. The van der Waals surface area contributed by atoms with Crippen LogP contribution in [0.2, 0.25) is 0 Å². The van der Waals surface area contributed by atoms with Crippen LogP contribution in [0.1, 0.15) is 43.4 Å². The standard InChI is InChI=1S/C24H28N6O/c1-15(2)24(5,23-29-22(31-30-23)19-7-6-16(3)27-13-19)21-10-8-18(9-11-21)20(12-25)14-28-17(4)26/h6-15H,4,25-26H2,1-3,5H3/b20-12+,28-14?. The summed E-state index contributed by atoms with van der Waals surface area (Å²) in [5, 5.41) is 4.32. The zero-order valence-corrected chi connectivity index (χ0v) is 18.3. The molecule has 4 N–H and O–H groups in total. The summed E-state index contributed by atoms with van der Waals surface area (Å²) in [6.07, 6.45) is 4.83. The van der Waals surface area contributed by atoms with E-state index >= 15 is 0 Å². The second-order valence-corrected chi connectivity index (χ2v) is 7.92. The SMILES string of the molecule is C=C(N)N=C/C(=C\N)c1ccc(C(C)(c2noc(-c3ccc(C)nc3)n2)C(C)C)cc1. The van der Waals surface area contributed by atoms with Crippen molar-refractivity contribution in [3.8, 4) is 11.5 Å². The van der Waals surface area contributed by atoms with E-state index in [0.717, 1.165) is 28.0 Å². The number of hydrogen-bond donors (Lipinski definition) is 2. The van der Waals surface area contributed by atoms with E-state index in [-0.39, 0.29) is 11.7 Å². The third-order valence-electron chi connectivity index (χ3n) is 5.57. The third-order valence-corrected chi connectivity index (χ3v) is 5.57. The van der Waals surface area contributed by atoms with E-state index < -0.39 is 5.41 Å². The smallest absolute Gasteiger partial charge is 0.259 e. The molecule has 0 fully saturated rings. The van der Waals surface area contributed by atoms with Crippen molar-refractivity contribution in [2.75, 3.05) is 0 Å². The Morgan fingerprint density at radius 2 is 1.90 bits per heavy atom. The van der Waals surface area contributed by atoms with E-state index in [9.17, 15) is 0 Å². The van der Waals surface area contributed by atoms with Crippen molar-refractivity contribution < 1.29 is 4.52 Å². The molecule has 0 aliphatic carbocycles. The summed E-state index contributed by atoms with van der Waals surface area (Å²) in [5.41, 5.74) is 15.3. The Morgan fingerprint density at radius 1 is 1.19 bits per heavy atom. The van der Waals surface area contributed by atoms with Crippen molar-refractivity contribution in [3.63, 3.8) is 0 Å². The zero-order chi connectivity index (χ0) is 22.6. The number of rotatable bonds is 7. The van der Waals surface area contributed by atoms with Gasteiger partial charge in [-0.25, -0.2) is 4.99 Å². The Balaban J connectivity index is 1.96. The molecule has 3 aromatic rings. The van der Waals surface area contributed by atoms with E-state index in [2.05, 4.69) is 42.5 Å². The molecule has 2 heterocycles. The molecule has 3 rings (SSSR count). The van der Waals surface area contributed by atoms with Crippen molar-refractivity contribution >= 4 is 11.8 Å². The molecule has 0 aliphatic rings. The van der Waals surface area contributed by atoms with Crippen LogP contribution in [-0.2, 0) is 5.41 Å². The monoisotopic (exact) mass is 416 g/mol. The number of aromatic nitrogens is 3. The predicted octanol–water partition coefficient (Wildman–Crippen LogP) is 4.20. The molecule has 0 radical (unpaired) electrons. The Morgan fingerprint density at radius 3 is 2.45 bits per heavy atom. The summed E-state index contributed by atoms with van der Waals surface area (Å²) < 4.78 is 5.58. The maximum absolute atomic E-state index is 5.76. The molecule has 0 bridgehead atoms. The van der Waals surface area contributed by atoms with Gasteiger partial charge < -0.3 is 16.0 Å². The van der Waals surface area contributed by atoms with Gasteiger partial charge in [0.1, 0.15) is 5.82 Å². The molecule has 0 saturated carbocycles. The summed E-state index contributed by atoms with van der Waals surface area (Å²) in [6, 6.07) is 11.9. The van der Waals surface area contributed by atoms with Gasteiger partial charge in [0.15, 0.2) is 5.82 Å². The average Bonchev–Trinajstić information content (AvgIpc) is 3.25. The number of allylic oxidation sites excluding steroid dienone is 1. The van der Waals surface area contributed by atoms with Gasteiger partial charge in [-0.15, -0.1) is 0 Å². The van der Waals surface area contributed by atoms with Crippen molar-refractivity contribution in [1.82, 2.24) is 15.1 Å². The molecule has 31 heavy (non-hydrogen) atoms. The highest BCUT2D eigenvalue weighted by Crippen LogP contribution is 2.38. The first-order chi connectivity index (χ1) is 14.8. The minimum Gasteiger partial charge on any atom is -0.404 e. The molecule has 0 saturated heterocycles. The van der Waals surface area contributed by atoms with Crippen molar-refractivity contribution in [2.24, 2.45) is 22.4 Å².